The number of hydrogen-bond donors (Lipinski definition) is 0. The Balaban J connectivity index is 2.36. The summed E-state index contributed by atoms with van der Waals surface area (Å²) in [5.41, 5.74) is 0.683. The summed E-state index contributed by atoms with van der Waals surface area (Å²) >= 11 is 1.27. The zero-order valence-corrected chi connectivity index (χ0v) is 8.10. The Hall–Kier alpha value is -1.10. The summed E-state index contributed by atoms with van der Waals surface area (Å²) in [6.45, 7) is -0.271. The van der Waals surface area contributed by atoms with Crippen molar-refractivity contribution in [2.45, 2.75) is 4.90 Å². The molecule has 74 valence electrons. The summed E-state index contributed by atoms with van der Waals surface area (Å²) < 4.78 is 29.1. The van der Waals surface area contributed by atoms with Gasteiger partial charge in [0.25, 0.3) is 0 Å². The number of rotatable bonds is 2. The first kappa shape index (κ1) is 9.45. The third-order valence-electron chi connectivity index (χ3n) is 1.89. The van der Waals surface area contributed by atoms with E-state index in [-0.39, 0.29) is 12.4 Å². The number of anilines is 1. The van der Waals surface area contributed by atoms with Crippen LogP contribution in [-0.2, 0) is 0 Å². The first-order chi connectivity index (χ1) is 6.81. The number of fused-ring (bicyclic) bond motifs is 1. The van der Waals surface area contributed by atoms with Gasteiger partial charge >= 0.3 is 0 Å². The van der Waals surface area contributed by atoms with Gasteiger partial charge in [-0.15, -0.1) is 0 Å². The standard InChI is InChI=1S/C9H8F2N2S/c10-3-4-13-6-12-14-9-2-1-7(11)5-8(9)13/h1-2,5-6H,3-4H2. The zero-order valence-electron chi connectivity index (χ0n) is 7.28. The average Bonchev–Trinajstić information content (AvgIpc) is 2.19. The molecule has 0 amide bonds. The van der Waals surface area contributed by atoms with Crippen LogP contribution in [0.2, 0.25) is 0 Å². The van der Waals surface area contributed by atoms with E-state index in [1.165, 1.54) is 30.4 Å². The van der Waals surface area contributed by atoms with Gasteiger partial charge in [-0.1, -0.05) is 0 Å². The van der Waals surface area contributed by atoms with E-state index < -0.39 is 6.67 Å². The molecule has 0 fully saturated rings. The van der Waals surface area contributed by atoms with Gasteiger partial charge in [-0.05, 0) is 18.2 Å². The van der Waals surface area contributed by atoms with E-state index in [0.29, 0.717) is 5.69 Å². The van der Waals surface area contributed by atoms with Crippen molar-refractivity contribution in [1.82, 2.24) is 0 Å². The predicted molar refractivity (Wildman–Crippen MR) is 54.1 cm³/mol. The zero-order chi connectivity index (χ0) is 9.97. The molecule has 1 aromatic rings. The van der Waals surface area contributed by atoms with Crippen LogP contribution >= 0.6 is 11.9 Å². The van der Waals surface area contributed by atoms with E-state index in [4.69, 9.17) is 0 Å². The topological polar surface area (TPSA) is 15.6 Å². The quantitative estimate of drug-likeness (QED) is 0.703. The summed E-state index contributed by atoms with van der Waals surface area (Å²) in [5, 5.41) is 0. The summed E-state index contributed by atoms with van der Waals surface area (Å²) in [4.78, 5) is 2.46. The first-order valence-electron chi connectivity index (χ1n) is 4.14. The molecule has 1 aliphatic rings. The highest BCUT2D eigenvalue weighted by atomic mass is 32.2. The van der Waals surface area contributed by atoms with Crippen molar-refractivity contribution in [3.05, 3.63) is 24.0 Å². The van der Waals surface area contributed by atoms with Gasteiger partial charge in [0, 0.05) is 11.9 Å². The second-order valence-corrected chi connectivity index (χ2v) is 3.64. The van der Waals surface area contributed by atoms with Crippen LogP contribution in [0.3, 0.4) is 0 Å². The minimum Gasteiger partial charge on any atom is -0.328 e. The van der Waals surface area contributed by atoms with Crippen molar-refractivity contribution in [3.8, 4) is 0 Å². The molecule has 0 bridgehead atoms. The molecule has 1 aliphatic heterocycles. The van der Waals surface area contributed by atoms with E-state index in [0.717, 1.165) is 4.90 Å². The Morgan fingerprint density at radius 1 is 1.43 bits per heavy atom. The van der Waals surface area contributed by atoms with Crippen LogP contribution in [0.5, 0.6) is 0 Å². The van der Waals surface area contributed by atoms with Crippen LogP contribution in [0, 0.1) is 5.82 Å². The molecule has 0 atom stereocenters. The minimum absolute atomic E-state index is 0.209. The van der Waals surface area contributed by atoms with Gasteiger partial charge in [-0.25, -0.2) is 13.2 Å². The van der Waals surface area contributed by atoms with Crippen LogP contribution in [0.1, 0.15) is 0 Å². The van der Waals surface area contributed by atoms with E-state index in [1.807, 2.05) is 0 Å². The maximum Gasteiger partial charge on any atom is 0.125 e. The Kier molecular flexibility index (Phi) is 2.67. The lowest BCUT2D eigenvalue weighted by molar-refractivity contribution is 0.503. The fourth-order valence-electron chi connectivity index (χ4n) is 1.26. The van der Waals surface area contributed by atoms with Crippen LogP contribution in [0.4, 0.5) is 14.5 Å². The molecule has 0 saturated carbocycles. The Morgan fingerprint density at radius 3 is 3.07 bits per heavy atom. The number of hydrogen-bond acceptors (Lipinski definition) is 3. The molecule has 0 aliphatic carbocycles. The highest BCUT2D eigenvalue weighted by Gasteiger charge is 2.14. The van der Waals surface area contributed by atoms with Gasteiger partial charge in [0.2, 0.25) is 0 Å². The normalized spacial score (nSPS) is 14.3. The Bertz CT molecular complexity index is 368. The van der Waals surface area contributed by atoms with Gasteiger partial charge in [0.05, 0.1) is 17.1 Å². The van der Waals surface area contributed by atoms with Gasteiger partial charge in [-0.3, -0.25) is 0 Å². The number of nitrogens with zero attached hydrogens (tertiary/aromatic N) is 2. The smallest absolute Gasteiger partial charge is 0.125 e. The molecule has 1 aromatic carbocycles. The maximum atomic E-state index is 12.9. The fraction of sp³-hybridized carbons (Fsp3) is 0.222. The molecule has 0 unspecified atom stereocenters. The van der Waals surface area contributed by atoms with Crippen LogP contribution in [0.25, 0.3) is 0 Å². The SMILES string of the molecule is FCCN1C=NSc2ccc(F)cc21. The average molecular weight is 214 g/mol. The number of alkyl halides is 1. The second-order valence-electron chi connectivity index (χ2n) is 2.81. The molecule has 2 rings (SSSR count). The third-order valence-corrected chi connectivity index (χ3v) is 2.64. The molecule has 0 saturated heterocycles. The van der Waals surface area contributed by atoms with Crippen molar-refractivity contribution in [2.75, 3.05) is 18.1 Å². The van der Waals surface area contributed by atoms with Crippen molar-refractivity contribution < 1.29 is 8.78 Å². The number of benzene rings is 1. The van der Waals surface area contributed by atoms with E-state index in [1.54, 1.807) is 11.0 Å². The van der Waals surface area contributed by atoms with E-state index in [9.17, 15) is 8.78 Å². The summed E-state index contributed by atoms with van der Waals surface area (Å²) in [6, 6.07) is 4.42. The predicted octanol–water partition coefficient (Wildman–Crippen LogP) is 2.65. The Labute approximate surface area is 84.8 Å². The summed E-state index contributed by atoms with van der Waals surface area (Å²) in [6.07, 6.45) is 1.52. The Morgan fingerprint density at radius 2 is 2.29 bits per heavy atom. The fourth-order valence-corrected chi connectivity index (χ4v) is 1.93. The molecule has 0 spiro atoms. The summed E-state index contributed by atoms with van der Waals surface area (Å²) in [5.74, 6) is -0.316. The minimum atomic E-state index is -0.480. The van der Waals surface area contributed by atoms with Crippen molar-refractivity contribution in [3.63, 3.8) is 0 Å². The van der Waals surface area contributed by atoms with Gasteiger partial charge in [0.15, 0.2) is 0 Å². The largest absolute Gasteiger partial charge is 0.328 e. The van der Waals surface area contributed by atoms with Crippen LogP contribution in [-0.4, -0.2) is 19.6 Å². The molecule has 14 heavy (non-hydrogen) atoms. The van der Waals surface area contributed by atoms with Crippen molar-refractivity contribution in [2.24, 2.45) is 4.40 Å². The van der Waals surface area contributed by atoms with Gasteiger partial charge in [-0.2, -0.15) is 0 Å². The monoisotopic (exact) mass is 214 g/mol. The van der Waals surface area contributed by atoms with Crippen molar-refractivity contribution in [1.29, 1.82) is 0 Å². The molecule has 2 nitrogen and oxygen atoms in total. The molecular weight excluding hydrogens is 206 g/mol. The molecule has 0 radical (unpaired) electrons. The lowest BCUT2D eigenvalue weighted by Gasteiger charge is -2.23. The highest BCUT2D eigenvalue weighted by molar-refractivity contribution is 7.98. The maximum absolute atomic E-state index is 12.9. The second kappa shape index (κ2) is 3.96. The molecule has 0 N–H and O–H groups in total. The van der Waals surface area contributed by atoms with Gasteiger partial charge < -0.3 is 4.90 Å². The molecule has 0 aromatic heterocycles. The highest BCUT2D eigenvalue weighted by Crippen LogP contribution is 2.34. The van der Waals surface area contributed by atoms with E-state index >= 15 is 0 Å². The number of halogens is 2. The lowest BCUT2D eigenvalue weighted by atomic mass is 10.3. The van der Waals surface area contributed by atoms with Crippen molar-refractivity contribution >= 4 is 24.0 Å². The third kappa shape index (κ3) is 1.72. The molecule has 5 heteroatoms. The summed E-state index contributed by atoms with van der Waals surface area (Å²) in [7, 11) is 0. The van der Waals surface area contributed by atoms with E-state index in [2.05, 4.69) is 4.40 Å². The lowest BCUT2D eigenvalue weighted by Crippen LogP contribution is -2.25. The van der Waals surface area contributed by atoms with Crippen LogP contribution < -0.4 is 4.90 Å². The molecule has 1 heterocycles. The molecular formula is C9H8F2N2S. The first-order valence-corrected chi connectivity index (χ1v) is 4.91. The van der Waals surface area contributed by atoms with Gasteiger partial charge in [0.1, 0.15) is 18.8 Å². The van der Waals surface area contributed by atoms with Crippen LogP contribution in [0.15, 0.2) is 27.5 Å².